The first-order chi connectivity index (χ1) is 11.8. The average molecular weight is 381 g/mol. The molecule has 0 aromatic heterocycles. The van der Waals surface area contributed by atoms with Crippen LogP contribution in [0.15, 0.2) is 23.1 Å². The molecule has 1 N–H and O–H groups in total. The number of hydrogen-bond donors (Lipinski definition) is 1. The molecular weight excluding hydrogens is 362 g/mol. The number of nitrogens with zero attached hydrogens (tertiary/aromatic N) is 1. The Labute approximate surface area is 155 Å². The molecule has 0 unspecified atom stereocenters. The van der Waals surface area contributed by atoms with Gasteiger partial charge >= 0.3 is 5.97 Å². The van der Waals surface area contributed by atoms with Crippen molar-refractivity contribution in [1.29, 1.82) is 0 Å². The molecule has 6 nitrogen and oxygen atoms in total. The summed E-state index contributed by atoms with van der Waals surface area (Å²) < 4.78 is 10.7. The van der Waals surface area contributed by atoms with Gasteiger partial charge in [-0.1, -0.05) is 37.8 Å². The number of thiocarbonyl (C=S) groups is 1. The van der Waals surface area contributed by atoms with Crippen LogP contribution in [0.5, 0.6) is 11.5 Å². The number of amides is 1. The Kier molecular flexibility index (Phi) is 6.07. The molecule has 1 heterocycles. The van der Waals surface area contributed by atoms with Crippen molar-refractivity contribution in [3.05, 3.63) is 28.7 Å². The van der Waals surface area contributed by atoms with Gasteiger partial charge in [-0.15, -0.1) is 0 Å². The van der Waals surface area contributed by atoms with E-state index in [4.69, 9.17) is 21.7 Å². The molecule has 0 bridgehead atoms. The molecule has 1 fully saturated rings. The van der Waals surface area contributed by atoms with Crippen LogP contribution in [0.3, 0.4) is 0 Å². The maximum absolute atomic E-state index is 12.7. The molecular formula is C17H19NO5S2. The van der Waals surface area contributed by atoms with Gasteiger partial charge in [0.25, 0.3) is 5.91 Å². The van der Waals surface area contributed by atoms with E-state index in [0.29, 0.717) is 22.0 Å². The highest BCUT2D eigenvalue weighted by atomic mass is 32.2. The minimum atomic E-state index is -1.07. The number of carbonyl (C=O) groups excluding carboxylic acids is 1. The molecule has 1 saturated heterocycles. The van der Waals surface area contributed by atoms with Crippen molar-refractivity contribution in [2.45, 2.75) is 19.9 Å². The van der Waals surface area contributed by atoms with Crippen molar-refractivity contribution in [1.82, 2.24) is 4.90 Å². The number of carboxylic acids is 1. The van der Waals surface area contributed by atoms with E-state index >= 15 is 0 Å². The van der Waals surface area contributed by atoms with Gasteiger partial charge in [0.05, 0.1) is 19.1 Å². The number of aliphatic carboxylic acids is 1. The lowest BCUT2D eigenvalue weighted by Gasteiger charge is -2.26. The van der Waals surface area contributed by atoms with Crippen LogP contribution in [0.2, 0.25) is 0 Å². The number of hydrogen-bond acceptors (Lipinski definition) is 6. The highest BCUT2D eigenvalue weighted by Crippen LogP contribution is 2.37. The van der Waals surface area contributed by atoms with Crippen molar-refractivity contribution in [2.75, 3.05) is 14.2 Å². The summed E-state index contributed by atoms with van der Waals surface area (Å²) in [5, 5.41) is 9.44. The molecule has 0 radical (unpaired) electrons. The third-order valence-corrected chi connectivity index (χ3v) is 5.04. The van der Waals surface area contributed by atoms with Crippen LogP contribution in [0, 0.1) is 5.92 Å². The fourth-order valence-corrected chi connectivity index (χ4v) is 3.81. The summed E-state index contributed by atoms with van der Waals surface area (Å²) in [6, 6.07) is 4.24. The highest BCUT2D eigenvalue weighted by Gasteiger charge is 2.41. The molecule has 0 saturated carbocycles. The van der Waals surface area contributed by atoms with Crippen molar-refractivity contribution in [3.8, 4) is 11.5 Å². The van der Waals surface area contributed by atoms with Gasteiger partial charge < -0.3 is 14.6 Å². The van der Waals surface area contributed by atoms with E-state index in [9.17, 15) is 14.7 Å². The molecule has 134 valence electrons. The van der Waals surface area contributed by atoms with E-state index in [1.807, 2.05) is 0 Å². The number of carbonyl (C=O) groups is 2. The van der Waals surface area contributed by atoms with Crippen molar-refractivity contribution < 1.29 is 24.2 Å². The summed E-state index contributed by atoms with van der Waals surface area (Å²) in [7, 11) is 3.08. The monoisotopic (exact) mass is 381 g/mol. The summed E-state index contributed by atoms with van der Waals surface area (Å²) >= 11 is 6.33. The van der Waals surface area contributed by atoms with Crippen LogP contribution in [0.4, 0.5) is 0 Å². The summed E-state index contributed by atoms with van der Waals surface area (Å²) in [6.07, 6.45) is 1.65. The third kappa shape index (κ3) is 3.96. The lowest BCUT2D eigenvalue weighted by Crippen LogP contribution is -2.47. The fourth-order valence-electron chi connectivity index (χ4n) is 2.49. The van der Waals surface area contributed by atoms with E-state index < -0.39 is 17.9 Å². The third-order valence-electron chi connectivity index (χ3n) is 3.71. The zero-order valence-electron chi connectivity index (χ0n) is 14.3. The second kappa shape index (κ2) is 7.88. The van der Waals surface area contributed by atoms with Crippen LogP contribution in [-0.2, 0) is 9.59 Å². The Morgan fingerprint density at radius 3 is 2.52 bits per heavy atom. The molecule has 1 amide bonds. The molecule has 1 aliphatic heterocycles. The van der Waals surface area contributed by atoms with Crippen LogP contribution in [-0.4, -0.2) is 46.5 Å². The van der Waals surface area contributed by atoms with Crippen LogP contribution in [0.1, 0.15) is 19.4 Å². The quantitative estimate of drug-likeness (QED) is 0.599. The van der Waals surface area contributed by atoms with Gasteiger partial charge in [0.15, 0.2) is 0 Å². The first-order valence-corrected chi connectivity index (χ1v) is 8.74. The maximum atomic E-state index is 12.7. The summed E-state index contributed by atoms with van der Waals surface area (Å²) in [5.74, 6) is -0.575. The zero-order valence-corrected chi connectivity index (χ0v) is 15.9. The number of rotatable bonds is 6. The Hall–Kier alpha value is -2.06. The molecule has 0 spiro atoms. The number of carboxylic acid groups (broad SMARTS) is 1. The molecule has 0 aliphatic carbocycles. The normalized spacial score (nSPS) is 17.3. The average Bonchev–Trinajstić information content (AvgIpc) is 2.82. The van der Waals surface area contributed by atoms with E-state index in [1.165, 1.54) is 12.0 Å². The second-order valence-corrected chi connectivity index (χ2v) is 7.36. The number of methoxy groups -OCH3 is 2. The summed E-state index contributed by atoms with van der Waals surface area (Å²) in [5.41, 5.74) is 0.681. The van der Waals surface area contributed by atoms with E-state index in [1.54, 1.807) is 45.2 Å². The van der Waals surface area contributed by atoms with Crippen LogP contribution >= 0.6 is 24.0 Å². The Bertz CT molecular complexity index is 745. The molecule has 1 aromatic rings. The van der Waals surface area contributed by atoms with Gasteiger partial charge in [0, 0.05) is 11.6 Å². The Morgan fingerprint density at radius 2 is 2.00 bits per heavy atom. The standard InChI is InChI=1S/C17H19NO5S2/c1-9(2)14(16(20)21)18-15(19)13(25-17(18)24)7-10-5-6-11(22-3)8-12(10)23-4/h5-9,14H,1-4H3,(H,20,21)/b13-7+/t14-/m0/s1. The minimum Gasteiger partial charge on any atom is -0.497 e. The summed E-state index contributed by atoms with van der Waals surface area (Å²) in [4.78, 5) is 25.8. The highest BCUT2D eigenvalue weighted by molar-refractivity contribution is 8.26. The smallest absolute Gasteiger partial charge is 0.327 e. The molecule has 1 aromatic carbocycles. The molecule has 1 aliphatic rings. The molecule has 2 rings (SSSR count). The minimum absolute atomic E-state index is 0.241. The topological polar surface area (TPSA) is 76.1 Å². The second-order valence-electron chi connectivity index (χ2n) is 5.69. The van der Waals surface area contributed by atoms with Gasteiger partial charge in [0.2, 0.25) is 0 Å². The SMILES string of the molecule is COc1ccc(/C=C2/SC(=S)N([C@H](C(=O)O)C(C)C)C2=O)c(OC)c1. The van der Waals surface area contributed by atoms with E-state index in [2.05, 4.69) is 0 Å². The maximum Gasteiger partial charge on any atom is 0.327 e. The first-order valence-electron chi connectivity index (χ1n) is 7.52. The Balaban J connectivity index is 2.39. The predicted octanol–water partition coefficient (Wildman–Crippen LogP) is 3.01. The van der Waals surface area contributed by atoms with Crippen molar-refractivity contribution in [2.24, 2.45) is 5.92 Å². The van der Waals surface area contributed by atoms with E-state index in [-0.39, 0.29) is 10.2 Å². The van der Waals surface area contributed by atoms with Gasteiger partial charge in [-0.05, 0) is 24.1 Å². The zero-order chi connectivity index (χ0) is 18.7. The molecule has 8 heteroatoms. The molecule has 25 heavy (non-hydrogen) atoms. The number of benzene rings is 1. The lowest BCUT2D eigenvalue weighted by molar-refractivity contribution is -0.146. The summed E-state index contributed by atoms with van der Waals surface area (Å²) in [6.45, 7) is 3.49. The number of thioether (sulfide) groups is 1. The largest absolute Gasteiger partial charge is 0.497 e. The van der Waals surface area contributed by atoms with Crippen molar-refractivity contribution in [3.63, 3.8) is 0 Å². The first kappa shape index (κ1) is 19.3. The lowest BCUT2D eigenvalue weighted by atomic mass is 10.0. The van der Waals surface area contributed by atoms with Crippen LogP contribution in [0.25, 0.3) is 6.08 Å². The van der Waals surface area contributed by atoms with Crippen molar-refractivity contribution >= 4 is 46.3 Å². The van der Waals surface area contributed by atoms with Crippen LogP contribution < -0.4 is 9.47 Å². The van der Waals surface area contributed by atoms with Gasteiger partial charge in [-0.2, -0.15) is 0 Å². The Morgan fingerprint density at radius 1 is 1.32 bits per heavy atom. The predicted molar refractivity (Wildman–Crippen MR) is 101 cm³/mol. The number of ether oxygens (including phenoxy) is 2. The van der Waals surface area contributed by atoms with Gasteiger partial charge in [-0.3, -0.25) is 9.69 Å². The molecule has 1 atom stereocenters. The van der Waals surface area contributed by atoms with Gasteiger partial charge in [0.1, 0.15) is 21.9 Å². The fraction of sp³-hybridized carbons (Fsp3) is 0.353. The van der Waals surface area contributed by atoms with E-state index in [0.717, 1.165) is 11.8 Å². The van der Waals surface area contributed by atoms with Gasteiger partial charge in [-0.25, -0.2) is 4.79 Å².